The maximum Gasteiger partial charge on any atom is 4.00 e. The van der Waals surface area contributed by atoms with E-state index in [9.17, 15) is 0 Å². The van der Waals surface area contributed by atoms with Crippen molar-refractivity contribution in [1.29, 1.82) is 0 Å². The van der Waals surface area contributed by atoms with Crippen molar-refractivity contribution in [1.82, 2.24) is 0 Å². The van der Waals surface area contributed by atoms with Crippen LogP contribution in [-0.2, 0) is 26.2 Å². The fraction of sp³-hybridized carbons (Fsp3) is 0.643. The van der Waals surface area contributed by atoms with Gasteiger partial charge in [-0.3, -0.25) is 0 Å². The van der Waals surface area contributed by atoms with Crippen molar-refractivity contribution in [2.75, 3.05) is 0 Å². The molecule has 1 rings (SSSR count). The van der Waals surface area contributed by atoms with Crippen LogP contribution in [0.2, 0.25) is 0 Å². The molecular formula is C14H29N3Zr. The Morgan fingerprint density at radius 3 is 0.889 bits per heavy atom. The molecule has 0 unspecified atom stereocenters. The minimum absolute atomic E-state index is 0. The second-order valence-electron chi connectivity index (χ2n) is 4.43. The molecule has 0 fully saturated rings. The maximum atomic E-state index is 6.58. The summed E-state index contributed by atoms with van der Waals surface area (Å²) in [5.41, 5.74) is 19.8. The zero-order chi connectivity index (χ0) is 14.3. The largest absolute Gasteiger partial charge is 4.00 e. The fourth-order valence-corrected chi connectivity index (χ4v) is 0.321. The van der Waals surface area contributed by atoms with E-state index in [1.54, 1.807) is 0 Å². The average Bonchev–Trinajstić information content (AvgIpc) is 2.53. The molecule has 0 heterocycles. The van der Waals surface area contributed by atoms with Gasteiger partial charge in [-0.15, -0.1) is 18.1 Å². The Labute approximate surface area is 133 Å². The summed E-state index contributed by atoms with van der Waals surface area (Å²) < 4.78 is 0. The van der Waals surface area contributed by atoms with Gasteiger partial charge in [0.2, 0.25) is 0 Å². The van der Waals surface area contributed by atoms with Crippen LogP contribution in [0.15, 0.2) is 30.3 Å². The summed E-state index contributed by atoms with van der Waals surface area (Å²) in [4.78, 5) is 0. The Balaban J connectivity index is -0.0000000719. The molecule has 1 aromatic rings. The van der Waals surface area contributed by atoms with E-state index in [2.05, 4.69) is 0 Å². The van der Waals surface area contributed by atoms with Gasteiger partial charge in [-0.25, -0.2) is 12.1 Å². The molecule has 0 aliphatic carbocycles. The third kappa shape index (κ3) is 141. The van der Waals surface area contributed by atoms with Crippen molar-refractivity contribution in [2.45, 2.75) is 59.7 Å². The van der Waals surface area contributed by atoms with E-state index in [0.29, 0.717) is 0 Å². The molecule has 4 heteroatoms. The van der Waals surface area contributed by atoms with Gasteiger partial charge in [0.1, 0.15) is 0 Å². The predicted octanol–water partition coefficient (Wildman–Crippen LogP) is 5.74. The molecule has 1 aromatic carbocycles. The van der Waals surface area contributed by atoms with Crippen LogP contribution < -0.4 is 0 Å². The molecule has 0 spiro atoms. The van der Waals surface area contributed by atoms with Crippen LogP contribution in [0.1, 0.15) is 41.5 Å². The van der Waals surface area contributed by atoms with Gasteiger partial charge in [-0.2, -0.15) is 18.2 Å². The molecule has 0 aliphatic rings. The van der Waals surface area contributed by atoms with Gasteiger partial charge < -0.3 is 17.2 Å². The standard InChI is InChI=1S/C5H5.3C3H8N.Zr/c1-2-4-5-3-1;3*1-3(2)4;/h1-5H;3*3-4H,1-2H3;/q4*-1;+4. The Bertz CT molecular complexity index is 145. The Morgan fingerprint density at radius 2 is 0.833 bits per heavy atom. The molecule has 0 amide bonds. The molecule has 3 N–H and O–H groups in total. The first-order chi connectivity index (χ1) is 7.70. The van der Waals surface area contributed by atoms with E-state index in [4.69, 9.17) is 17.2 Å². The molecule has 0 atom stereocenters. The van der Waals surface area contributed by atoms with Gasteiger partial charge in [0.25, 0.3) is 0 Å². The van der Waals surface area contributed by atoms with Gasteiger partial charge in [-0.1, -0.05) is 41.5 Å². The second kappa shape index (κ2) is 22.3. The van der Waals surface area contributed by atoms with E-state index in [1.807, 2.05) is 71.9 Å². The van der Waals surface area contributed by atoms with Crippen LogP contribution in [0.25, 0.3) is 17.2 Å². The number of nitrogens with one attached hydrogen (secondary N) is 3. The summed E-state index contributed by atoms with van der Waals surface area (Å²) in [6.45, 7) is 11.0. The van der Waals surface area contributed by atoms with Crippen molar-refractivity contribution in [2.24, 2.45) is 0 Å². The maximum absolute atomic E-state index is 6.58. The number of hydrogen-bond donors (Lipinski definition) is 0. The molecule has 0 saturated heterocycles. The molecule has 18 heavy (non-hydrogen) atoms. The van der Waals surface area contributed by atoms with E-state index < -0.39 is 0 Å². The Kier molecular flexibility index (Phi) is 33.0. The molecule has 104 valence electrons. The number of rotatable bonds is 0. The molecule has 0 aliphatic heterocycles. The minimum Gasteiger partial charge on any atom is -0.675 e. The molecule has 3 nitrogen and oxygen atoms in total. The smallest absolute Gasteiger partial charge is 0.675 e. The van der Waals surface area contributed by atoms with E-state index in [0.717, 1.165) is 0 Å². The van der Waals surface area contributed by atoms with Crippen molar-refractivity contribution >= 4 is 0 Å². The third-order valence-corrected chi connectivity index (χ3v) is 0.556. The summed E-state index contributed by atoms with van der Waals surface area (Å²) >= 11 is 0. The average molecular weight is 331 g/mol. The first-order valence-electron chi connectivity index (χ1n) is 6.00. The minimum atomic E-state index is 0. The first-order valence-corrected chi connectivity index (χ1v) is 6.00. The summed E-state index contributed by atoms with van der Waals surface area (Å²) in [5.74, 6) is 0. The van der Waals surface area contributed by atoms with Crippen LogP contribution >= 0.6 is 0 Å². The zero-order valence-electron chi connectivity index (χ0n) is 12.6. The summed E-state index contributed by atoms with van der Waals surface area (Å²) in [6, 6.07) is 10.2. The fourth-order valence-electron chi connectivity index (χ4n) is 0.321. The molecule has 0 aromatic heterocycles. The topological polar surface area (TPSA) is 71.4 Å². The van der Waals surface area contributed by atoms with E-state index in [-0.39, 0.29) is 44.3 Å². The van der Waals surface area contributed by atoms with Gasteiger partial charge in [0.15, 0.2) is 0 Å². The van der Waals surface area contributed by atoms with Crippen LogP contribution in [0.3, 0.4) is 0 Å². The monoisotopic (exact) mass is 329 g/mol. The summed E-state index contributed by atoms with van der Waals surface area (Å²) in [5, 5.41) is 0. The van der Waals surface area contributed by atoms with E-state index in [1.165, 1.54) is 0 Å². The normalized spacial score (nSPS) is 8.22. The quantitative estimate of drug-likeness (QED) is 0.544. The molecule has 0 radical (unpaired) electrons. The first kappa shape index (κ1) is 26.6. The van der Waals surface area contributed by atoms with Crippen molar-refractivity contribution in [3.05, 3.63) is 47.5 Å². The summed E-state index contributed by atoms with van der Waals surface area (Å²) in [6.07, 6.45) is 0. The van der Waals surface area contributed by atoms with Crippen molar-refractivity contribution in [3.8, 4) is 0 Å². The zero-order valence-corrected chi connectivity index (χ0v) is 15.1. The van der Waals surface area contributed by atoms with Crippen molar-refractivity contribution < 1.29 is 26.2 Å². The van der Waals surface area contributed by atoms with Gasteiger partial charge in [0, 0.05) is 0 Å². The van der Waals surface area contributed by atoms with Gasteiger partial charge >= 0.3 is 26.2 Å². The van der Waals surface area contributed by atoms with Crippen LogP contribution in [0, 0.1) is 0 Å². The SMILES string of the molecule is CC(C)[NH-].CC(C)[NH-].CC(C)[NH-].[Zr+4].c1cc[cH-]c1. The van der Waals surface area contributed by atoms with Crippen LogP contribution in [0.4, 0.5) is 0 Å². The second-order valence-corrected chi connectivity index (χ2v) is 4.43. The number of hydrogen-bond acceptors (Lipinski definition) is 0. The Morgan fingerprint density at radius 1 is 0.667 bits per heavy atom. The van der Waals surface area contributed by atoms with Crippen LogP contribution in [0.5, 0.6) is 0 Å². The third-order valence-electron chi connectivity index (χ3n) is 0.556. The molecular weight excluding hydrogens is 301 g/mol. The van der Waals surface area contributed by atoms with Crippen LogP contribution in [-0.4, -0.2) is 18.1 Å². The summed E-state index contributed by atoms with van der Waals surface area (Å²) in [7, 11) is 0. The van der Waals surface area contributed by atoms with Crippen molar-refractivity contribution in [3.63, 3.8) is 0 Å². The predicted molar refractivity (Wildman–Crippen MR) is 80.4 cm³/mol. The van der Waals surface area contributed by atoms with E-state index >= 15 is 0 Å². The molecule has 0 bridgehead atoms. The van der Waals surface area contributed by atoms with Gasteiger partial charge in [-0.05, 0) is 0 Å². The molecule has 0 saturated carbocycles. The Hall–Kier alpha value is 0.113. The van der Waals surface area contributed by atoms with Gasteiger partial charge in [0.05, 0.1) is 0 Å².